The molecule has 7 heteroatoms. The van der Waals surface area contributed by atoms with E-state index in [4.69, 9.17) is 16.6 Å². The van der Waals surface area contributed by atoms with Gasteiger partial charge in [-0.05, 0) is 68.2 Å². The van der Waals surface area contributed by atoms with Crippen LogP contribution in [0.5, 0.6) is 0 Å². The number of piperidine rings is 1. The van der Waals surface area contributed by atoms with E-state index in [2.05, 4.69) is 20.5 Å². The predicted octanol–water partition coefficient (Wildman–Crippen LogP) is 5.82. The maximum atomic E-state index is 12.2. The zero-order valence-corrected chi connectivity index (χ0v) is 18.8. The fourth-order valence-corrected chi connectivity index (χ4v) is 3.82. The molecule has 1 saturated heterocycles. The number of anilines is 4. The highest BCUT2D eigenvalue weighted by atomic mass is 35.5. The van der Waals surface area contributed by atoms with E-state index in [1.165, 1.54) is 25.3 Å². The molecule has 1 aromatic heterocycles. The lowest BCUT2D eigenvalue weighted by atomic mass is 10.1. The summed E-state index contributed by atoms with van der Waals surface area (Å²) in [5.41, 5.74) is 3.27. The maximum absolute atomic E-state index is 12.2. The molecular weight excluding hydrogens is 422 g/mol. The maximum Gasteiger partial charge on any atom is 0.248 e. The Labute approximate surface area is 193 Å². The molecule has 0 saturated carbocycles. The minimum Gasteiger partial charge on any atom is -0.356 e. The molecule has 1 aliphatic rings. The summed E-state index contributed by atoms with van der Waals surface area (Å²) >= 11 is 6.11. The van der Waals surface area contributed by atoms with Gasteiger partial charge in [-0.2, -0.15) is 4.98 Å². The number of benzene rings is 2. The topological polar surface area (TPSA) is 70.2 Å². The summed E-state index contributed by atoms with van der Waals surface area (Å²) in [5.74, 6) is 1.32. The van der Waals surface area contributed by atoms with Gasteiger partial charge in [-0.3, -0.25) is 4.79 Å². The molecule has 0 radical (unpaired) electrons. The van der Waals surface area contributed by atoms with E-state index in [0.717, 1.165) is 35.9 Å². The van der Waals surface area contributed by atoms with Crippen LogP contribution in [0.3, 0.4) is 0 Å². The molecule has 2 heterocycles. The lowest BCUT2D eigenvalue weighted by Crippen LogP contribution is -2.30. The van der Waals surface area contributed by atoms with Crippen molar-refractivity contribution in [3.63, 3.8) is 0 Å². The Morgan fingerprint density at radius 2 is 1.72 bits per heavy atom. The molecule has 2 aromatic carbocycles. The first-order valence-corrected chi connectivity index (χ1v) is 11.2. The highest BCUT2D eigenvalue weighted by Crippen LogP contribution is 2.22. The van der Waals surface area contributed by atoms with Crippen molar-refractivity contribution in [3.05, 3.63) is 77.0 Å². The van der Waals surface area contributed by atoms with E-state index in [1.54, 1.807) is 12.1 Å². The number of aromatic nitrogens is 2. The summed E-state index contributed by atoms with van der Waals surface area (Å²) in [5, 5.41) is 6.72. The second-order valence-corrected chi connectivity index (χ2v) is 8.19. The Morgan fingerprint density at radius 3 is 2.47 bits per heavy atom. The molecule has 164 valence electrons. The van der Waals surface area contributed by atoms with E-state index in [9.17, 15) is 4.79 Å². The third kappa shape index (κ3) is 5.86. The summed E-state index contributed by atoms with van der Waals surface area (Å²) in [7, 11) is 0. The molecule has 1 aliphatic heterocycles. The molecule has 6 nitrogen and oxygen atoms in total. The van der Waals surface area contributed by atoms with Crippen molar-refractivity contribution in [2.75, 3.05) is 28.6 Å². The first kappa shape index (κ1) is 21.8. The van der Waals surface area contributed by atoms with Crippen LogP contribution in [0.2, 0.25) is 5.02 Å². The van der Waals surface area contributed by atoms with Crippen LogP contribution in [0.15, 0.2) is 60.7 Å². The van der Waals surface area contributed by atoms with Gasteiger partial charge in [0, 0.05) is 47.3 Å². The number of nitrogens with one attached hydrogen (secondary N) is 2. The van der Waals surface area contributed by atoms with Crippen molar-refractivity contribution >= 4 is 46.7 Å². The average molecular weight is 448 g/mol. The zero-order chi connectivity index (χ0) is 22.3. The summed E-state index contributed by atoms with van der Waals surface area (Å²) < 4.78 is 0. The summed E-state index contributed by atoms with van der Waals surface area (Å²) in [4.78, 5) is 23.7. The third-order valence-corrected chi connectivity index (χ3v) is 5.59. The molecule has 3 aromatic rings. The molecule has 2 N–H and O–H groups in total. The highest BCUT2D eigenvalue weighted by molar-refractivity contribution is 6.32. The first-order chi connectivity index (χ1) is 15.6. The molecule has 0 atom stereocenters. The molecule has 0 unspecified atom stereocenters. The number of hydrogen-bond donors (Lipinski definition) is 2. The fraction of sp³-hybridized carbons (Fsp3) is 0.240. The van der Waals surface area contributed by atoms with Crippen molar-refractivity contribution in [2.24, 2.45) is 0 Å². The number of aryl methyl sites for hydroxylation is 1. The van der Waals surface area contributed by atoms with Crippen LogP contribution in [-0.4, -0.2) is 29.0 Å². The molecule has 4 rings (SSSR count). The lowest BCUT2D eigenvalue weighted by molar-refractivity contribution is -0.111. The summed E-state index contributed by atoms with van der Waals surface area (Å²) in [6.45, 7) is 4.06. The number of rotatable bonds is 6. The van der Waals surface area contributed by atoms with Crippen molar-refractivity contribution in [2.45, 2.75) is 26.2 Å². The highest BCUT2D eigenvalue weighted by Gasteiger charge is 2.14. The number of amides is 1. The molecule has 1 fully saturated rings. The van der Waals surface area contributed by atoms with Crippen molar-refractivity contribution in [3.8, 4) is 0 Å². The predicted molar refractivity (Wildman–Crippen MR) is 132 cm³/mol. The van der Waals surface area contributed by atoms with Crippen molar-refractivity contribution < 1.29 is 4.79 Å². The van der Waals surface area contributed by atoms with Crippen LogP contribution in [-0.2, 0) is 4.79 Å². The van der Waals surface area contributed by atoms with E-state index in [-0.39, 0.29) is 5.91 Å². The van der Waals surface area contributed by atoms with Gasteiger partial charge in [-0.15, -0.1) is 0 Å². The van der Waals surface area contributed by atoms with Gasteiger partial charge in [0.2, 0.25) is 11.9 Å². The fourth-order valence-electron chi connectivity index (χ4n) is 3.62. The molecular formula is C25H26ClN5O. The Balaban J connectivity index is 1.38. The van der Waals surface area contributed by atoms with Crippen LogP contribution in [0, 0.1) is 6.92 Å². The summed E-state index contributed by atoms with van der Waals surface area (Å²) in [6, 6.07) is 16.9. The number of nitrogens with zero attached hydrogens (tertiary/aromatic N) is 3. The summed E-state index contributed by atoms with van der Waals surface area (Å²) in [6.07, 6.45) is 6.85. The molecule has 32 heavy (non-hydrogen) atoms. The van der Waals surface area contributed by atoms with Gasteiger partial charge in [-0.25, -0.2) is 4.98 Å². The van der Waals surface area contributed by atoms with Crippen LogP contribution >= 0.6 is 11.6 Å². The second-order valence-electron chi connectivity index (χ2n) is 7.79. The second kappa shape index (κ2) is 10.3. The Bertz CT molecular complexity index is 1110. The van der Waals surface area contributed by atoms with Crippen molar-refractivity contribution in [1.82, 2.24) is 9.97 Å². The largest absolute Gasteiger partial charge is 0.356 e. The van der Waals surface area contributed by atoms with Gasteiger partial charge in [0.25, 0.3) is 0 Å². The van der Waals surface area contributed by atoms with Gasteiger partial charge in [0.05, 0.1) is 0 Å². The van der Waals surface area contributed by atoms with Gasteiger partial charge >= 0.3 is 0 Å². The molecule has 0 spiro atoms. The van der Waals surface area contributed by atoms with Crippen LogP contribution in [0.4, 0.5) is 23.1 Å². The molecule has 0 bridgehead atoms. The average Bonchev–Trinajstić information content (AvgIpc) is 2.80. The third-order valence-electron chi connectivity index (χ3n) is 5.25. The van der Waals surface area contributed by atoms with Gasteiger partial charge in [-0.1, -0.05) is 29.8 Å². The van der Waals surface area contributed by atoms with Crippen LogP contribution in [0.25, 0.3) is 6.08 Å². The minimum atomic E-state index is -0.223. The quantitative estimate of drug-likeness (QED) is 0.465. The van der Waals surface area contributed by atoms with E-state index in [0.29, 0.717) is 16.7 Å². The Morgan fingerprint density at radius 1 is 1.00 bits per heavy atom. The van der Waals surface area contributed by atoms with E-state index < -0.39 is 0 Å². The monoisotopic (exact) mass is 447 g/mol. The smallest absolute Gasteiger partial charge is 0.248 e. The molecule has 1 amide bonds. The van der Waals surface area contributed by atoms with E-state index in [1.807, 2.05) is 55.5 Å². The van der Waals surface area contributed by atoms with Gasteiger partial charge in [0.15, 0.2) is 0 Å². The van der Waals surface area contributed by atoms with Gasteiger partial charge in [0.1, 0.15) is 5.82 Å². The van der Waals surface area contributed by atoms with Gasteiger partial charge < -0.3 is 15.5 Å². The standard InChI is InChI=1S/C25H26ClN5O/c1-18-17-23(31-15-5-2-6-16-31)30-25(27-18)29-21-12-10-20(11-13-21)28-24(32)14-9-19-7-3-4-8-22(19)26/h3-4,7-14,17H,2,5-6,15-16H2,1H3,(H,28,32)(H,27,29,30)/b14-9+. The normalized spacial score (nSPS) is 13.9. The minimum absolute atomic E-state index is 0.223. The van der Waals surface area contributed by atoms with E-state index >= 15 is 0 Å². The molecule has 0 aliphatic carbocycles. The Kier molecular flexibility index (Phi) is 7.02. The van der Waals surface area contributed by atoms with Crippen molar-refractivity contribution in [1.29, 1.82) is 0 Å². The number of halogens is 1. The number of carbonyl (C=O) groups excluding carboxylic acids is 1. The lowest BCUT2D eigenvalue weighted by Gasteiger charge is -2.28. The number of hydrogen-bond acceptors (Lipinski definition) is 5. The first-order valence-electron chi connectivity index (χ1n) is 10.8. The SMILES string of the molecule is Cc1cc(N2CCCCC2)nc(Nc2ccc(NC(=O)/C=C/c3ccccc3Cl)cc2)n1. The van der Waals surface area contributed by atoms with Crippen LogP contribution in [0.1, 0.15) is 30.5 Å². The zero-order valence-electron chi connectivity index (χ0n) is 18.0. The Hall–Kier alpha value is -3.38. The van der Waals surface area contributed by atoms with Crippen LogP contribution < -0.4 is 15.5 Å². The number of carbonyl (C=O) groups is 1.